The van der Waals surface area contributed by atoms with Gasteiger partial charge >= 0.3 is 0 Å². The number of hydrogen-bond acceptors (Lipinski definition) is 7. The number of thiophene rings is 1. The van der Waals surface area contributed by atoms with Gasteiger partial charge in [-0.2, -0.15) is 0 Å². The van der Waals surface area contributed by atoms with E-state index < -0.39 is 5.82 Å². The maximum Gasteiger partial charge on any atom is 0.272 e. The fraction of sp³-hybridized carbons (Fsp3) is 0.148. The van der Waals surface area contributed by atoms with Crippen molar-refractivity contribution in [2.45, 2.75) is 11.7 Å². The number of halogens is 1. The molecule has 7 nitrogen and oxygen atoms in total. The highest BCUT2D eigenvalue weighted by atomic mass is 32.2. The van der Waals surface area contributed by atoms with E-state index in [9.17, 15) is 14.0 Å². The first kappa shape index (κ1) is 24.8. The third-order valence-corrected chi connectivity index (χ3v) is 7.81. The molecule has 2 aromatic heterocycles. The van der Waals surface area contributed by atoms with Gasteiger partial charge in [-0.3, -0.25) is 14.2 Å². The van der Waals surface area contributed by atoms with E-state index in [1.165, 1.54) is 22.0 Å². The molecule has 0 radical (unpaired) electrons. The van der Waals surface area contributed by atoms with Gasteiger partial charge in [0.2, 0.25) is 5.91 Å². The number of amides is 1. The molecular weight excluding hydrogens is 513 g/mol. The lowest BCUT2D eigenvalue weighted by molar-refractivity contribution is -0.113. The molecule has 1 amide bonds. The van der Waals surface area contributed by atoms with Gasteiger partial charge in [-0.15, -0.1) is 11.3 Å². The number of aromatic nitrogens is 2. The van der Waals surface area contributed by atoms with Crippen molar-refractivity contribution >= 4 is 55.0 Å². The lowest BCUT2D eigenvalue weighted by atomic mass is 10.2. The summed E-state index contributed by atoms with van der Waals surface area (Å²) in [4.78, 5) is 31.0. The number of ether oxygens (including phenoxy) is 2. The van der Waals surface area contributed by atoms with Crippen molar-refractivity contribution in [1.29, 1.82) is 0 Å². The topological polar surface area (TPSA) is 82.4 Å². The average Bonchev–Trinajstić information content (AvgIpc) is 3.30. The molecule has 0 bridgehead atoms. The molecule has 37 heavy (non-hydrogen) atoms. The van der Waals surface area contributed by atoms with Gasteiger partial charge in [0.25, 0.3) is 5.56 Å². The Kier molecular flexibility index (Phi) is 7.11. The highest BCUT2D eigenvalue weighted by Gasteiger charge is 2.19. The summed E-state index contributed by atoms with van der Waals surface area (Å²) in [6, 6.07) is 19.1. The van der Waals surface area contributed by atoms with Crippen molar-refractivity contribution in [1.82, 2.24) is 9.55 Å². The van der Waals surface area contributed by atoms with E-state index in [4.69, 9.17) is 14.5 Å². The summed E-state index contributed by atoms with van der Waals surface area (Å²) in [5.41, 5.74) is 1.48. The van der Waals surface area contributed by atoms with Crippen molar-refractivity contribution in [2.24, 2.45) is 0 Å². The summed E-state index contributed by atoms with van der Waals surface area (Å²) < 4.78 is 27.7. The van der Waals surface area contributed by atoms with Crippen LogP contribution in [0, 0.1) is 5.82 Å². The number of thioether (sulfide) groups is 1. The standard InChI is InChI=1S/C27H22FN3O4S2/c1-34-18-11-9-16(10-12-18)14-31-26(33)25-24(23-20(28)7-4-8-21(23)37-25)30-27(31)36-15-22(32)29-17-5-3-6-19(13-17)35-2/h3-13H,14-15H2,1-2H3,(H,29,32). The van der Waals surface area contributed by atoms with Gasteiger partial charge in [0.1, 0.15) is 27.5 Å². The van der Waals surface area contributed by atoms with Crippen LogP contribution in [0.25, 0.3) is 20.3 Å². The third-order valence-electron chi connectivity index (χ3n) is 5.70. The van der Waals surface area contributed by atoms with Crippen molar-refractivity contribution < 1.29 is 18.7 Å². The van der Waals surface area contributed by atoms with Gasteiger partial charge in [-0.05, 0) is 42.0 Å². The second-order valence-corrected chi connectivity index (χ2v) is 10.1. The maximum absolute atomic E-state index is 14.7. The smallest absolute Gasteiger partial charge is 0.272 e. The first-order chi connectivity index (χ1) is 18.0. The maximum atomic E-state index is 14.7. The van der Waals surface area contributed by atoms with E-state index in [1.54, 1.807) is 50.6 Å². The Morgan fingerprint density at radius 1 is 1.05 bits per heavy atom. The minimum Gasteiger partial charge on any atom is -0.497 e. The van der Waals surface area contributed by atoms with Crippen molar-refractivity contribution in [2.75, 3.05) is 25.3 Å². The highest BCUT2D eigenvalue weighted by molar-refractivity contribution is 7.99. The molecule has 0 spiro atoms. The summed E-state index contributed by atoms with van der Waals surface area (Å²) in [6.45, 7) is 0.238. The molecule has 5 aromatic rings. The molecule has 5 rings (SSSR count). The van der Waals surface area contributed by atoms with Crippen molar-refractivity contribution in [3.8, 4) is 11.5 Å². The van der Waals surface area contributed by atoms with Crippen LogP contribution in [0.3, 0.4) is 0 Å². The monoisotopic (exact) mass is 535 g/mol. The first-order valence-corrected chi connectivity index (χ1v) is 13.1. The van der Waals surface area contributed by atoms with Crippen LogP contribution in [-0.4, -0.2) is 35.4 Å². The molecule has 0 fully saturated rings. The minimum atomic E-state index is -0.435. The molecule has 188 valence electrons. The molecule has 0 unspecified atom stereocenters. The second-order valence-electron chi connectivity index (χ2n) is 8.10. The number of benzene rings is 3. The zero-order valence-corrected chi connectivity index (χ0v) is 21.6. The number of methoxy groups -OCH3 is 2. The number of rotatable bonds is 8. The fourth-order valence-corrected chi connectivity index (χ4v) is 5.80. The Bertz CT molecular complexity index is 1660. The van der Waals surface area contributed by atoms with Crippen LogP contribution < -0.4 is 20.3 Å². The Hall–Kier alpha value is -3.89. The number of carbonyl (C=O) groups excluding carboxylic acids is 1. The van der Waals surface area contributed by atoms with Gasteiger partial charge in [0.15, 0.2) is 5.16 Å². The summed E-state index contributed by atoms with van der Waals surface area (Å²) in [6.07, 6.45) is 0. The molecule has 0 aliphatic carbocycles. The van der Waals surface area contributed by atoms with E-state index in [2.05, 4.69) is 5.32 Å². The lowest BCUT2D eigenvalue weighted by Crippen LogP contribution is -2.24. The summed E-state index contributed by atoms with van der Waals surface area (Å²) in [5, 5.41) is 3.48. The predicted molar refractivity (Wildman–Crippen MR) is 146 cm³/mol. The van der Waals surface area contributed by atoms with Gasteiger partial charge in [-0.1, -0.05) is 36.0 Å². The molecule has 0 aliphatic rings. The Morgan fingerprint density at radius 2 is 1.81 bits per heavy atom. The normalized spacial score (nSPS) is 11.1. The predicted octanol–water partition coefficient (Wildman–Crippen LogP) is 5.55. The summed E-state index contributed by atoms with van der Waals surface area (Å²) in [5.74, 6) is 0.619. The van der Waals surface area contributed by atoms with Crippen LogP contribution in [0.4, 0.5) is 10.1 Å². The molecule has 0 atom stereocenters. The van der Waals surface area contributed by atoms with Gasteiger partial charge in [-0.25, -0.2) is 9.37 Å². The Morgan fingerprint density at radius 3 is 2.57 bits per heavy atom. The van der Waals surface area contributed by atoms with Gasteiger partial charge in [0, 0.05) is 16.5 Å². The van der Waals surface area contributed by atoms with Crippen LogP contribution in [0.5, 0.6) is 11.5 Å². The molecule has 1 N–H and O–H groups in total. The zero-order valence-electron chi connectivity index (χ0n) is 20.0. The van der Waals surface area contributed by atoms with Crippen LogP contribution in [0.15, 0.2) is 76.7 Å². The number of hydrogen-bond donors (Lipinski definition) is 1. The summed E-state index contributed by atoms with van der Waals surface area (Å²) >= 11 is 2.34. The second kappa shape index (κ2) is 10.6. The number of nitrogens with zero attached hydrogens (tertiary/aromatic N) is 2. The average molecular weight is 536 g/mol. The molecule has 2 heterocycles. The number of fused-ring (bicyclic) bond motifs is 3. The number of carbonyl (C=O) groups is 1. The van der Waals surface area contributed by atoms with Crippen molar-refractivity contribution in [3.63, 3.8) is 0 Å². The molecule has 0 saturated heterocycles. The largest absolute Gasteiger partial charge is 0.497 e. The molecular formula is C27H22FN3O4S2. The van der Waals surface area contributed by atoms with Crippen LogP contribution in [-0.2, 0) is 11.3 Å². The fourth-order valence-electron chi connectivity index (χ4n) is 3.90. The van der Waals surface area contributed by atoms with Crippen LogP contribution in [0.1, 0.15) is 5.56 Å². The molecule has 3 aromatic carbocycles. The van der Waals surface area contributed by atoms with Crippen molar-refractivity contribution in [3.05, 3.63) is 88.5 Å². The van der Waals surface area contributed by atoms with E-state index in [-0.39, 0.29) is 23.8 Å². The molecule has 0 saturated carbocycles. The lowest BCUT2D eigenvalue weighted by Gasteiger charge is -2.13. The van der Waals surface area contributed by atoms with Crippen LogP contribution in [0.2, 0.25) is 0 Å². The van der Waals surface area contributed by atoms with E-state index >= 15 is 0 Å². The SMILES string of the molecule is COc1ccc(Cn2c(SCC(=O)Nc3cccc(OC)c3)nc3c(sc4cccc(F)c43)c2=O)cc1. The van der Waals surface area contributed by atoms with Crippen LogP contribution >= 0.6 is 23.1 Å². The summed E-state index contributed by atoms with van der Waals surface area (Å²) in [7, 11) is 3.14. The van der Waals surface area contributed by atoms with E-state index in [0.29, 0.717) is 42.6 Å². The number of nitrogens with one attached hydrogen (secondary N) is 1. The minimum absolute atomic E-state index is 0.00230. The Labute approximate surface area is 219 Å². The number of anilines is 1. The van der Waals surface area contributed by atoms with Gasteiger partial charge < -0.3 is 14.8 Å². The van der Waals surface area contributed by atoms with Gasteiger partial charge in [0.05, 0.1) is 31.9 Å². The van der Waals surface area contributed by atoms with E-state index in [1.807, 2.05) is 24.3 Å². The zero-order chi connectivity index (χ0) is 25.9. The quantitative estimate of drug-likeness (QED) is 0.207. The molecule has 10 heteroatoms. The molecule has 0 aliphatic heterocycles. The first-order valence-electron chi connectivity index (χ1n) is 11.3. The Balaban J connectivity index is 1.51. The van der Waals surface area contributed by atoms with E-state index in [0.717, 1.165) is 17.3 Å². The third kappa shape index (κ3) is 5.16. The highest BCUT2D eigenvalue weighted by Crippen LogP contribution is 2.34.